The van der Waals surface area contributed by atoms with E-state index in [1.807, 2.05) is 13.0 Å². The van der Waals surface area contributed by atoms with E-state index in [0.29, 0.717) is 5.56 Å². The second kappa shape index (κ2) is 6.82. The molecule has 1 atom stereocenters. The Hall–Kier alpha value is -1.70. The lowest BCUT2D eigenvalue weighted by atomic mass is 10.1. The van der Waals surface area contributed by atoms with Crippen molar-refractivity contribution in [3.63, 3.8) is 0 Å². The van der Waals surface area contributed by atoms with Crippen molar-refractivity contribution < 1.29 is 13.2 Å². The molecule has 7 heteroatoms. The van der Waals surface area contributed by atoms with Crippen molar-refractivity contribution in [3.8, 4) is 0 Å². The number of amides is 1. The molecule has 1 amide bonds. The van der Waals surface area contributed by atoms with Gasteiger partial charge in [-0.1, -0.05) is 34.1 Å². The van der Waals surface area contributed by atoms with Crippen LogP contribution < -0.4 is 5.14 Å². The molecular formula is C16H17BrN2O3S. The maximum atomic E-state index is 12.5. The van der Waals surface area contributed by atoms with E-state index in [0.717, 1.165) is 10.0 Å². The van der Waals surface area contributed by atoms with Crippen molar-refractivity contribution in [1.82, 2.24) is 4.90 Å². The summed E-state index contributed by atoms with van der Waals surface area (Å²) in [4.78, 5) is 14.2. The predicted molar refractivity (Wildman–Crippen MR) is 92.5 cm³/mol. The molecule has 0 radical (unpaired) electrons. The molecule has 2 aromatic rings. The van der Waals surface area contributed by atoms with Gasteiger partial charge in [-0.05, 0) is 42.8 Å². The standard InChI is InChI=1S/C16H17BrN2O3S/c1-11(12-6-8-15(9-7-12)23(18,21)22)19(2)16(20)13-4-3-5-14(17)10-13/h3-11H,1-2H3,(H2,18,21,22)/t11-/m1/s1. The fourth-order valence-corrected chi connectivity index (χ4v) is 3.08. The Balaban J connectivity index is 2.22. The minimum absolute atomic E-state index is 0.0504. The normalized spacial score (nSPS) is 12.7. The molecule has 0 aliphatic heterocycles. The summed E-state index contributed by atoms with van der Waals surface area (Å²) in [6.45, 7) is 1.88. The molecule has 2 N–H and O–H groups in total. The van der Waals surface area contributed by atoms with Crippen molar-refractivity contribution in [2.45, 2.75) is 17.9 Å². The Morgan fingerprint density at radius 1 is 1.17 bits per heavy atom. The summed E-state index contributed by atoms with van der Waals surface area (Å²) < 4.78 is 23.4. The van der Waals surface area contributed by atoms with Crippen LogP contribution in [0.2, 0.25) is 0 Å². The van der Waals surface area contributed by atoms with E-state index in [2.05, 4.69) is 15.9 Å². The average molecular weight is 397 g/mol. The Morgan fingerprint density at radius 2 is 1.78 bits per heavy atom. The summed E-state index contributed by atoms with van der Waals surface area (Å²) in [7, 11) is -2.01. The molecule has 0 spiro atoms. The van der Waals surface area contributed by atoms with Crippen LogP contribution in [-0.4, -0.2) is 26.3 Å². The van der Waals surface area contributed by atoms with Gasteiger partial charge in [0.2, 0.25) is 10.0 Å². The molecule has 0 bridgehead atoms. The summed E-state index contributed by atoms with van der Waals surface area (Å²) in [6, 6.07) is 13.2. The molecule has 0 aliphatic rings. The van der Waals surface area contributed by atoms with Crippen LogP contribution in [0, 0.1) is 0 Å². The van der Waals surface area contributed by atoms with E-state index < -0.39 is 10.0 Å². The molecule has 0 aromatic heterocycles. The van der Waals surface area contributed by atoms with Gasteiger partial charge in [-0.15, -0.1) is 0 Å². The van der Waals surface area contributed by atoms with E-state index in [4.69, 9.17) is 5.14 Å². The molecule has 0 aliphatic carbocycles. The number of hydrogen-bond acceptors (Lipinski definition) is 3. The van der Waals surface area contributed by atoms with Crippen molar-refractivity contribution in [2.24, 2.45) is 5.14 Å². The Kier molecular flexibility index (Phi) is 5.23. The Labute approximate surface area is 144 Å². The molecule has 2 aromatic carbocycles. The molecule has 0 fully saturated rings. The van der Waals surface area contributed by atoms with E-state index in [1.165, 1.54) is 12.1 Å². The van der Waals surface area contributed by atoms with E-state index in [1.54, 1.807) is 42.3 Å². The number of benzene rings is 2. The topological polar surface area (TPSA) is 80.5 Å². The number of halogens is 1. The van der Waals surface area contributed by atoms with Gasteiger partial charge in [-0.25, -0.2) is 13.6 Å². The van der Waals surface area contributed by atoms with Gasteiger partial charge in [-0.3, -0.25) is 4.79 Å². The largest absolute Gasteiger partial charge is 0.335 e. The lowest BCUT2D eigenvalue weighted by Gasteiger charge is -2.25. The van der Waals surface area contributed by atoms with Crippen molar-refractivity contribution in [2.75, 3.05) is 7.05 Å². The van der Waals surface area contributed by atoms with Crippen LogP contribution in [0.25, 0.3) is 0 Å². The second-order valence-corrected chi connectivity index (χ2v) is 7.69. The third-order valence-corrected chi connectivity index (χ3v) is 5.09. The minimum atomic E-state index is -3.72. The first-order chi connectivity index (χ1) is 10.7. The van der Waals surface area contributed by atoms with Crippen LogP contribution in [0.1, 0.15) is 28.9 Å². The first-order valence-corrected chi connectivity index (χ1v) is 9.19. The van der Waals surface area contributed by atoms with Gasteiger partial charge in [-0.2, -0.15) is 0 Å². The number of sulfonamides is 1. The molecule has 0 heterocycles. The fraction of sp³-hybridized carbons (Fsp3) is 0.188. The molecule has 0 unspecified atom stereocenters. The molecule has 0 saturated carbocycles. The maximum absolute atomic E-state index is 12.5. The van der Waals surface area contributed by atoms with Crippen LogP contribution in [0.15, 0.2) is 57.9 Å². The van der Waals surface area contributed by atoms with Gasteiger partial charge < -0.3 is 4.90 Å². The van der Waals surface area contributed by atoms with Crippen LogP contribution >= 0.6 is 15.9 Å². The van der Waals surface area contributed by atoms with E-state index in [-0.39, 0.29) is 16.8 Å². The average Bonchev–Trinajstić information content (AvgIpc) is 2.52. The van der Waals surface area contributed by atoms with E-state index in [9.17, 15) is 13.2 Å². The molecule has 122 valence electrons. The van der Waals surface area contributed by atoms with Crippen molar-refractivity contribution in [1.29, 1.82) is 0 Å². The Bertz CT molecular complexity index is 819. The van der Waals surface area contributed by atoms with Crippen molar-refractivity contribution in [3.05, 3.63) is 64.1 Å². The molecule has 2 rings (SSSR count). The molecular weight excluding hydrogens is 380 g/mol. The first-order valence-electron chi connectivity index (χ1n) is 6.85. The van der Waals surface area contributed by atoms with Gasteiger partial charge in [0.25, 0.3) is 5.91 Å². The molecule has 23 heavy (non-hydrogen) atoms. The third-order valence-electron chi connectivity index (χ3n) is 3.66. The van der Waals surface area contributed by atoms with Gasteiger partial charge in [0.05, 0.1) is 10.9 Å². The highest BCUT2D eigenvalue weighted by atomic mass is 79.9. The first kappa shape index (κ1) is 17.7. The lowest BCUT2D eigenvalue weighted by molar-refractivity contribution is 0.0742. The molecule has 0 saturated heterocycles. The van der Waals surface area contributed by atoms with Gasteiger partial charge in [0.15, 0.2) is 0 Å². The fourth-order valence-electron chi connectivity index (χ4n) is 2.16. The maximum Gasteiger partial charge on any atom is 0.254 e. The highest BCUT2D eigenvalue weighted by Gasteiger charge is 2.19. The SMILES string of the molecule is C[C@H](c1ccc(S(N)(=O)=O)cc1)N(C)C(=O)c1cccc(Br)c1. The Morgan fingerprint density at radius 3 is 2.30 bits per heavy atom. The van der Waals surface area contributed by atoms with Crippen LogP contribution in [0.3, 0.4) is 0 Å². The lowest BCUT2D eigenvalue weighted by Crippen LogP contribution is -2.29. The second-order valence-electron chi connectivity index (χ2n) is 5.22. The van der Waals surface area contributed by atoms with Crippen molar-refractivity contribution >= 4 is 31.9 Å². The highest BCUT2D eigenvalue weighted by Crippen LogP contribution is 2.23. The summed E-state index contributed by atoms with van der Waals surface area (Å²) in [5.41, 5.74) is 1.40. The van der Waals surface area contributed by atoms with E-state index >= 15 is 0 Å². The number of nitrogens with zero attached hydrogens (tertiary/aromatic N) is 1. The minimum Gasteiger partial charge on any atom is -0.335 e. The summed E-state index contributed by atoms with van der Waals surface area (Å²) in [5.74, 6) is -0.116. The monoisotopic (exact) mass is 396 g/mol. The van der Waals surface area contributed by atoms with Gasteiger partial charge in [0, 0.05) is 17.1 Å². The number of hydrogen-bond donors (Lipinski definition) is 1. The van der Waals surface area contributed by atoms with Crippen LogP contribution in [0.4, 0.5) is 0 Å². The zero-order valence-electron chi connectivity index (χ0n) is 12.7. The van der Waals surface area contributed by atoms with Gasteiger partial charge in [0.1, 0.15) is 0 Å². The number of nitrogens with two attached hydrogens (primary N) is 1. The number of primary sulfonamides is 1. The van der Waals surface area contributed by atoms with Gasteiger partial charge >= 0.3 is 0 Å². The number of carbonyl (C=O) groups excluding carboxylic acids is 1. The zero-order valence-corrected chi connectivity index (χ0v) is 15.1. The van der Waals surface area contributed by atoms with Crippen LogP contribution in [0.5, 0.6) is 0 Å². The smallest absolute Gasteiger partial charge is 0.254 e. The van der Waals surface area contributed by atoms with Crippen LogP contribution in [-0.2, 0) is 10.0 Å². The summed E-state index contributed by atoms with van der Waals surface area (Å²) >= 11 is 3.35. The highest BCUT2D eigenvalue weighted by molar-refractivity contribution is 9.10. The zero-order chi connectivity index (χ0) is 17.2. The number of carbonyl (C=O) groups is 1. The predicted octanol–water partition coefficient (Wildman–Crippen LogP) is 2.93. The number of rotatable bonds is 4. The summed E-state index contributed by atoms with van der Waals surface area (Å²) in [6.07, 6.45) is 0. The third kappa shape index (κ3) is 4.19. The summed E-state index contributed by atoms with van der Waals surface area (Å²) in [5, 5.41) is 5.08. The molecule has 5 nitrogen and oxygen atoms in total. The quantitative estimate of drug-likeness (QED) is 0.862.